The quantitative estimate of drug-likeness (QED) is 0.473. The molecule has 3 aromatic rings. The molecule has 0 aliphatic carbocycles. The number of ether oxygens (including phenoxy) is 1. The van der Waals surface area contributed by atoms with Crippen molar-refractivity contribution in [2.24, 2.45) is 0 Å². The van der Waals surface area contributed by atoms with Crippen LogP contribution in [0.5, 0.6) is 5.75 Å². The Labute approximate surface area is 198 Å². The number of nitrogens with zero attached hydrogens (tertiary/aromatic N) is 3. The van der Waals surface area contributed by atoms with Crippen molar-refractivity contribution in [1.29, 1.82) is 0 Å². The molecule has 0 bridgehead atoms. The molecule has 1 aliphatic rings. The normalized spacial score (nSPS) is 14.0. The highest BCUT2D eigenvalue weighted by atomic mass is 16.5. The predicted octanol–water partition coefficient (Wildman–Crippen LogP) is 2.44. The van der Waals surface area contributed by atoms with Crippen LogP contribution in [0.4, 0.5) is 17.1 Å². The summed E-state index contributed by atoms with van der Waals surface area (Å²) in [5, 5.41) is 6.08. The van der Waals surface area contributed by atoms with E-state index in [1.165, 1.54) is 6.20 Å². The van der Waals surface area contributed by atoms with E-state index in [-0.39, 0.29) is 5.56 Å². The highest BCUT2D eigenvalue weighted by molar-refractivity contribution is 6.08. The number of benzene rings is 1. The standard InChI is InChI=1S/C25H30N6O3/c1-30-13-15-31(16-14-30)21-17-19(6-7-22(21)34-2)29-25(33)23-20(9-12-28-24(23)32)27-11-8-18-5-3-4-10-26-18/h3-7,9-10,12,17H,8,11,13-16H2,1-2H3,(H,29,33)(H2,27,28,32). The Morgan fingerprint density at radius 1 is 1.15 bits per heavy atom. The van der Waals surface area contributed by atoms with Crippen molar-refractivity contribution in [2.45, 2.75) is 6.42 Å². The smallest absolute Gasteiger partial charge is 0.263 e. The Morgan fingerprint density at radius 3 is 2.71 bits per heavy atom. The predicted molar refractivity (Wildman–Crippen MR) is 134 cm³/mol. The topological polar surface area (TPSA) is 103 Å². The van der Waals surface area contributed by atoms with Crippen LogP contribution in [-0.4, -0.2) is 67.7 Å². The van der Waals surface area contributed by atoms with Gasteiger partial charge in [0.2, 0.25) is 0 Å². The number of methoxy groups -OCH3 is 1. The number of rotatable bonds is 8. The van der Waals surface area contributed by atoms with Crippen molar-refractivity contribution in [3.63, 3.8) is 0 Å². The number of amides is 1. The number of H-pyrrole nitrogens is 1. The average molecular weight is 463 g/mol. The van der Waals surface area contributed by atoms with E-state index < -0.39 is 11.5 Å². The molecule has 4 rings (SSSR count). The lowest BCUT2D eigenvalue weighted by Gasteiger charge is -2.35. The number of hydrogen-bond acceptors (Lipinski definition) is 7. The third-order valence-corrected chi connectivity index (χ3v) is 5.89. The molecule has 1 aliphatic heterocycles. The zero-order valence-corrected chi connectivity index (χ0v) is 19.5. The third-order valence-electron chi connectivity index (χ3n) is 5.89. The van der Waals surface area contributed by atoms with Crippen LogP contribution in [0, 0.1) is 0 Å². The van der Waals surface area contributed by atoms with E-state index in [9.17, 15) is 9.59 Å². The van der Waals surface area contributed by atoms with E-state index in [1.54, 1.807) is 25.4 Å². The maximum Gasteiger partial charge on any atom is 0.263 e. The maximum absolute atomic E-state index is 13.1. The number of carbonyl (C=O) groups excluding carboxylic acids is 1. The van der Waals surface area contributed by atoms with Crippen LogP contribution in [0.15, 0.2) is 59.7 Å². The number of nitrogens with one attached hydrogen (secondary N) is 3. The number of aromatic amines is 1. The highest BCUT2D eigenvalue weighted by Crippen LogP contribution is 2.32. The molecular weight excluding hydrogens is 432 g/mol. The van der Waals surface area contributed by atoms with Crippen LogP contribution in [0.1, 0.15) is 16.1 Å². The first-order valence-electron chi connectivity index (χ1n) is 11.3. The lowest BCUT2D eigenvalue weighted by Crippen LogP contribution is -2.44. The van der Waals surface area contributed by atoms with Crippen molar-refractivity contribution in [3.8, 4) is 5.75 Å². The Morgan fingerprint density at radius 2 is 1.97 bits per heavy atom. The number of anilines is 3. The SMILES string of the molecule is COc1ccc(NC(=O)c2c(NCCc3ccccn3)cc[nH]c2=O)cc1N1CCN(C)CC1. The van der Waals surface area contributed by atoms with E-state index in [1.807, 2.05) is 30.3 Å². The fourth-order valence-corrected chi connectivity index (χ4v) is 3.98. The fraction of sp³-hybridized carbons (Fsp3) is 0.320. The maximum atomic E-state index is 13.1. The second-order valence-electron chi connectivity index (χ2n) is 8.22. The molecule has 3 N–H and O–H groups in total. The van der Waals surface area contributed by atoms with E-state index in [0.717, 1.165) is 43.3 Å². The first-order chi connectivity index (χ1) is 16.5. The molecule has 0 radical (unpaired) electrons. The molecule has 2 aromatic heterocycles. The van der Waals surface area contributed by atoms with E-state index in [0.29, 0.717) is 24.3 Å². The van der Waals surface area contributed by atoms with Gasteiger partial charge in [-0.25, -0.2) is 0 Å². The monoisotopic (exact) mass is 462 g/mol. The van der Waals surface area contributed by atoms with Gasteiger partial charge in [-0.2, -0.15) is 0 Å². The molecule has 1 saturated heterocycles. The van der Waals surface area contributed by atoms with Gasteiger partial charge in [0, 0.05) is 62.9 Å². The van der Waals surface area contributed by atoms with Crippen LogP contribution < -0.4 is 25.8 Å². The summed E-state index contributed by atoms with van der Waals surface area (Å²) in [7, 11) is 3.74. The van der Waals surface area contributed by atoms with Gasteiger partial charge in [-0.3, -0.25) is 14.6 Å². The minimum absolute atomic E-state index is 0.0421. The Bertz CT molecular complexity index is 1170. The number of pyridine rings is 2. The summed E-state index contributed by atoms with van der Waals surface area (Å²) in [6.45, 7) is 4.18. The summed E-state index contributed by atoms with van der Waals surface area (Å²) in [5.41, 5.74) is 2.52. The molecule has 0 spiro atoms. The molecule has 0 unspecified atom stereocenters. The summed E-state index contributed by atoms with van der Waals surface area (Å²) in [6.07, 6.45) is 3.94. The molecule has 34 heavy (non-hydrogen) atoms. The molecule has 9 heteroatoms. The summed E-state index contributed by atoms with van der Waals surface area (Å²) < 4.78 is 5.55. The number of carbonyl (C=O) groups is 1. The van der Waals surface area contributed by atoms with Gasteiger partial charge in [-0.05, 0) is 43.4 Å². The van der Waals surface area contributed by atoms with Crippen molar-refractivity contribution in [1.82, 2.24) is 14.9 Å². The first-order valence-corrected chi connectivity index (χ1v) is 11.3. The van der Waals surface area contributed by atoms with Crippen LogP contribution >= 0.6 is 0 Å². The summed E-state index contributed by atoms with van der Waals surface area (Å²) >= 11 is 0. The Kier molecular flexibility index (Phi) is 7.44. The number of hydrogen-bond donors (Lipinski definition) is 3. The number of aromatic nitrogens is 2. The molecule has 1 amide bonds. The van der Waals surface area contributed by atoms with Crippen molar-refractivity contribution < 1.29 is 9.53 Å². The van der Waals surface area contributed by atoms with Crippen molar-refractivity contribution >= 4 is 23.0 Å². The van der Waals surface area contributed by atoms with Crippen molar-refractivity contribution in [3.05, 3.63) is 76.5 Å². The lowest BCUT2D eigenvalue weighted by molar-refractivity contribution is 0.102. The second kappa shape index (κ2) is 10.8. The van der Waals surface area contributed by atoms with Crippen LogP contribution in [0.2, 0.25) is 0 Å². The van der Waals surface area contributed by atoms with Gasteiger partial charge in [0.15, 0.2) is 0 Å². The molecule has 3 heterocycles. The largest absolute Gasteiger partial charge is 0.495 e. The van der Waals surface area contributed by atoms with Gasteiger partial charge in [0.25, 0.3) is 11.5 Å². The zero-order chi connectivity index (χ0) is 23.9. The Balaban J connectivity index is 1.50. The number of likely N-dealkylation sites (N-methyl/N-ethyl adjacent to an activating group) is 1. The lowest BCUT2D eigenvalue weighted by atomic mass is 10.1. The highest BCUT2D eigenvalue weighted by Gasteiger charge is 2.20. The van der Waals surface area contributed by atoms with Crippen LogP contribution in [-0.2, 0) is 6.42 Å². The second-order valence-corrected chi connectivity index (χ2v) is 8.22. The van der Waals surface area contributed by atoms with E-state index in [2.05, 4.69) is 37.4 Å². The zero-order valence-electron chi connectivity index (χ0n) is 19.5. The molecule has 9 nitrogen and oxygen atoms in total. The summed E-state index contributed by atoms with van der Waals surface area (Å²) in [6, 6.07) is 12.9. The van der Waals surface area contributed by atoms with Gasteiger partial charge >= 0.3 is 0 Å². The Hall–Kier alpha value is -3.85. The summed E-state index contributed by atoms with van der Waals surface area (Å²) in [4.78, 5) is 37.1. The van der Waals surface area contributed by atoms with Crippen molar-refractivity contribution in [2.75, 3.05) is 62.4 Å². The van der Waals surface area contributed by atoms with Gasteiger partial charge in [0.1, 0.15) is 11.3 Å². The minimum atomic E-state index is -0.475. The molecule has 1 fully saturated rings. The van der Waals surface area contributed by atoms with Gasteiger partial charge in [-0.15, -0.1) is 0 Å². The first kappa shape index (κ1) is 23.3. The molecular formula is C25H30N6O3. The van der Waals surface area contributed by atoms with Crippen LogP contribution in [0.3, 0.4) is 0 Å². The van der Waals surface area contributed by atoms with Gasteiger partial charge in [0.05, 0.1) is 18.5 Å². The molecule has 0 atom stereocenters. The number of piperazine rings is 1. The summed E-state index contributed by atoms with van der Waals surface area (Å²) in [5.74, 6) is 0.272. The molecule has 0 saturated carbocycles. The fourth-order valence-electron chi connectivity index (χ4n) is 3.98. The van der Waals surface area contributed by atoms with E-state index in [4.69, 9.17) is 4.74 Å². The minimum Gasteiger partial charge on any atom is -0.495 e. The van der Waals surface area contributed by atoms with Gasteiger partial charge < -0.3 is 30.2 Å². The van der Waals surface area contributed by atoms with Crippen LogP contribution in [0.25, 0.3) is 0 Å². The van der Waals surface area contributed by atoms with E-state index >= 15 is 0 Å². The molecule has 178 valence electrons. The average Bonchev–Trinajstić information content (AvgIpc) is 2.85. The third kappa shape index (κ3) is 5.55. The van der Waals surface area contributed by atoms with Gasteiger partial charge in [-0.1, -0.05) is 6.07 Å². The molecule has 1 aromatic carbocycles.